The van der Waals surface area contributed by atoms with E-state index >= 15 is 0 Å². The van der Waals surface area contributed by atoms with Gasteiger partial charge >= 0.3 is 0 Å². The third-order valence-electron chi connectivity index (χ3n) is 5.70. The number of hydrogen-bond acceptors (Lipinski definition) is 6. The van der Waals surface area contributed by atoms with Crippen molar-refractivity contribution in [1.29, 1.82) is 0 Å². The van der Waals surface area contributed by atoms with Crippen molar-refractivity contribution < 1.29 is 22.5 Å². The van der Waals surface area contributed by atoms with Crippen LogP contribution in [0.25, 0.3) is 11.1 Å². The van der Waals surface area contributed by atoms with Gasteiger partial charge in [0.25, 0.3) is 10.0 Å². The summed E-state index contributed by atoms with van der Waals surface area (Å²) in [6, 6.07) is 12.9. The lowest BCUT2D eigenvalue weighted by Gasteiger charge is -2.24. The summed E-state index contributed by atoms with van der Waals surface area (Å²) in [6.07, 6.45) is 0.772. The zero-order valence-electron chi connectivity index (χ0n) is 20.6. The first-order valence-electron chi connectivity index (χ1n) is 11.1. The topological polar surface area (TPSA) is 89.7 Å². The minimum Gasteiger partial charge on any atom is -0.360 e. The minimum atomic E-state index is -4.07. The minimum absolute atomic E-state index is 0.124. The molecule has 0 aliphatic heterocycles. The molecule has 0 amide bonds. The number of ether oxygens (including phenoxy) is 1. The van der Waals surface area contributed by atoms with Crippen LogP contribution >= 0.6 is 0 Å². The number of hydrogen-bond donors (Lipinski definition) is 0. The van der Waals surface area contributed by atoms with Gasteiger partial charge in [0.2, 0.25) is 5.88 Å². The van der Waals surface area contributed by atoms with Crippen molar-refractivity contribution in [3.05, 3.63) is 64.8 Å². The van der Waals surface area contributed by atoms with Crippen LogP contribution in [0.15, 0.2) is 51.9 Å². The number of carbonyl (C=O) groups excluding carboxylic acids is 1. The average molecular weight is 501 g/mol. The third kappa shape index (κ3) is 5.65. The number of sulfonamides is 1. The first-order valence-corrected chi connectivity index (χ1v) is 16.3. The highest BCUT2D eigenvalue weighted by Crippen LogP contribution is 2.35. The van der Waals surface area contributed by atoms with Crippen LogP contribution in [-0.2, 0) is 14.8 Å². The molecule has 0 N–H and O–H groups in total. The standard InChI is InChI=1S/C25H32N2O5SSi/c1-18-15-21(16-28)11-12-22(18)23-9-7-8-10-24(23)33(29,30)27(17-31-13-14-34(4,5)6)25-19(2)20(3)26-32-25/h7-12,15-16H,13-14,17H2,1-6H3. The van der Waals surface area contributed by atoms with E-state index in [0.29, 0.717) is 29.0 Å². The monoisotopic (exact) mass is 500 g/mol. The van der Waals surface area contributed by atoms with Crippen LogP contribution in [-0.4, -0.2) is 41.3 Å². The molecule has 0 radical (unpaired) electrons. The van der Waals surface area contributed by atoms with Crippen molar-refractivity contribution in [2.24, 2.45) is 0 Å². The predicted octanol–water partition coefficient (Wildman–Crippen LogP) is 5.59. The highest BCUT2D eigenvalue weighted by Gasteiger charge is 2.32. The van der Waals surface area contributed by atoms with Crippen LogP contribution in [0.5, 0.6) is 0 Å². The van der Waals surface area contributed by atoms with Gasteiger partial charge in [0.15, 0.2) is 0 Å². The van der Waals surface area contributed by atoms with Gasteiger partial charge in [-0.2, -0.15) is 0 Å². The zero-order valence-corrected chi connectivity index (χ0v) is 22.4. The molecular formula is C25H32N2O5SSi. The van der Waals surface area contributed by atoms with E-state index in [9.17, 15) is 13.2 Å². The van der Waals surface area contributed by atoms with Gasteiger partial charge in [-0.1, -0.05) is 55.1 Å². The highest BCUT2D eigenvalue weighted by molar-refractivity contribution is 7.93. The summed E-state index contributed by atoms with van der Waals surface area (Å²) in [4.78, 5) is 11.3. The molecule has 9 heteroatoms. The number of anilines is 1. The fourth-order valence-electron chi connectivity index (χ4n) is 3.49. The molecule has 0 unspecified atom stereocenters. The molecule has 3 rings (SSSR count). The van der Waals surface area contributed by atoms with Gasteiger partial charge < -0.3 is 9.26 Å². The molecule has 7 nitrogen and oxygen atoms in total. The van der Waals surface area contributed by atoms with E-state index in [1.54, 1.807) is 56.3 Å². The maximum Gasteiger partial charge on any atom is 0.269 e. The molecule has 0 atom stereocenters. The molecule has 0 saturated carbocycles. The third-order valence-corrected chi connectivity index (χ3v) is 9.16. The van der Waals surface area contributed by atoms with Crippen LogP contribution in [0.4, 0.5) is 5.88 Å². The summed E-state index contributed by atoms with van der Waals surface area (Å²) < 4.78 is 40.5. The highest BCUT2D eigenvalue weighted by atomic mass is 32.2. The Morgan fingerprint density at radius 2 is 1.76 bits per heavy atom. The van der Waals surface area contributed by atoms with Crippen molar-refractivity contribution in [1.82, 2.24) is 5.16 Å². The number of aromatic nitrogens is 1. The van der Waals surface area contributed by atoms with E-state index in [0.717, 1.165) is 27.8 Å². The lowest BCUT2D eigenvalue weighted by atomic mass is 9.99. The number of aryl methyl sites for hydroxylation is 2. The number of benzene rings is 2. The first-order chi connectivity index (χ1) is 16.0. The van der Waals surface area contributed by atoms with Gasteiger partial charge in [0.05, 0.1) is 10.6 Å². The van der Waals surface area contributed by atoms with Crippen LogP contribution in [0.3, 0.4) is 0 Å². The summed E-state index contributed by atoms with van der Waals surface area (Å²) in [5, 5.41) is 3.96. The molecule has 1 aromatic heterocycles. The summed E-state index contributed by atoms with van der Waals surface area (Å²) in [5.41, 5.74) is 3.86. The molecule has 0 bridgehead atoms. The second-order valence-corrected chi connectivity index (χ2v) is 17.0. The van der Waals surface area contributed by atoms with Crippen LogP contribution in [0.2, 0.25) is 25.7 Å². The number of aldehydes is 1. The summed E-state index contributed by atoms with van der Waals surface area (Å²) in [5.74, 6) is 0.147. The Morgan fingerprint density at radius 3 is 2.35 bits per heavy atom. The number of carbonyl (C=O) groups is 1. The second kappa shape index (κ2) is 10.2. The van der Waals surface area contributed by atoms with E-state index in [2.05, 4.69) is 24.8 Å². The molecule has 0 aliphatic rings. The van der Waals surface area contributed by atoms with Crippen molar-refractivity contribution in [2.75, 3.05) is 17.6 Å². The maximum absolute atomic E-state index is 14.0. The Balaban J connectivity index is 2.07. The summed E-state index contributed by atoms with van der Waals surface area (Å²) in [7, 11) is -5.42. The molecule has 0 saturated heterocycles. The number of nitrogens with zero attached hydrogens (tertiary/aromatic N) is 2. The van der Waals surface area contributed by atoms with Gasteiger partial charge in [0, 0.05) is 31.4 Å². The van der Waals surface area contributed by atoms with Crippen molar-refractivity contribution >= 4 is 30.3 Å². The van der Waals surface area contributed by atoms with Crippen molar-refractivity contribution in [3.63, 3.8) is 0 Å². The van der Waals surface area contributed by atoms with E-state index in [4.69, 9.17) is 9.26 Å². The fraction of sp³-hybridized carbons (Fsp3) is 0.360. The van der Waals surface area contributed by atoms with Crippen LogP contribution < -0.4 is 4.31 Å². The smallest absolute Gasteiger partial charge is 0.269 e. The average Bonchev–Trinajstić information content (AvgIpc) is 3.10. The first kappa shape index (κ1) is 25.9. The van der Waals surface area contributed by atoms with Gasteiger partial charge in [-0.3, -0.25) is 4.79 Å². The molecular weight excluding hydrogens is 468 g/mol. The normalized spacial score (nSPS) is 12.1. The number of rotatable bonds is 10. The van der Waals surface area contributed by atoms with Gasteiger partial charge in [-0.05, 0) is 50.1 Å². The molecule has 34 heavy (non-hydrogen) atoms. The summed E-state index contributed by atoms with van der Waals surface area (Å²) >= 11 is 0. The maximum atomic E-state index is 14.0. The largest absolute Gasteiger partial charge is 0.360 e. The van der Waals surface area contributed by atoms with E-state index < -0.39 is 18.1 Å². The molecule has 0 spiro atoms. The molecule has 1 heterocycles. The fourth-order valence-corrected chi connectivity index (χ4v) is 5.80. The predicted molar refractivity (Wildman–Crippen MR) is 137 cm³/mol. The van der Waals surface area contributed by atoms with Crippen LogP contribution in [0, 0.1) is 20.8 Å². The molecule has 2 aromatic carbocycles. The van der Waals surface area contributed by atoms with E-state index in [-0.39, 0.29) is 17.5 Å². The van der Waals surface area contributed by atoms with Gasteiger partial charge in [-0.15, -0.1) is 0 Å². The Labute approximate surface area is 202 Å². The Morgan fingerprint density at radius 1 is 1.06 bits per heavy atom. The Hall–Kier alpha value is -2.75. The van der Waals surface area contributed by atoms with Gasteiger partial charge in [0.1, 0.15) is 13.0 Å². The lowest BCUT2D eigenvalue weighted by Crippen LogP contribution is -2.34. The molecule has 182 valence electrons. The Kier molecular flexibility index (Phi) is 7.79. The van der Waals surface area contributed by atoms with Crippen LogP contribution in [0.1, 0.15) is 27.2 Å². The van der Waals surface area contributed by atoms with E-state index in [1.165, 1.54) is 0 Å². The Bertz CT molecular complexity index is 1280. The molecule has 3 aromatic rings. The van der Waals surface area contributed by atoms with E-state index in [1.807, 2.05) is 6.92 Å². The SMILES string of the molecule is Cc1cc(C=O)ccc1-c1ccccc1S(=O)(=O)N(COCC[Si](C)(C)C)c1onc(C)c1C. The van der Waals surface area contributed by atoms with Gasteiger partial charge in [-0.25, -0.2) is 12.7 Å². The second-order valence-electron chi connectivity index (χ2n) is 9.59. The van der Waals surface area contributed by atoms with Crippen molar-refractivity contribution in [3.8, 4) is 11.1 Å². The summed E-state index contributed by atoms with van der Waals surface area (Å²) in [6.45, 7) is 12.4. The molecule has 0 aliphatic carbocycles. The lowest BCUT2D eigenvalue weighted by molar-refractivity contribution is 0.112. The van der Waals surface area contributed by atoms with Crippen molar-refractivity contribution in [2.45, 2.75) is 51.4 Å². The zero-order chi connectivity index (χ0) is 25.1. The quantitative estimate of drug-likeness (QED) is 0.156. The molecule has 0 fully saturated rings.